The topological polar surface area (TPSA) is 72.5 Å². The molecule has 0 bridgehead atoms. The second kappa shape index (κ2) is 5.60. The molecule has 120 valence electrons. The van der Waals surface area contributed by atoms with Gasteiger partial charge in [-0.05, 0) is 41.7 Å². The lowest BCUT2D eigenvalue weighted by atomic mass is 9.90. The third-order valence-corrected chi connectivity index (χ3v) is 4.52. The Morgan fingerprint density at radius 1 is 1.08 bits per heavy atom. The van der Waals surface area contributed by atoms with Crippen LogP contribution in [0.5, 0.6) is 0 Å². The standard InChI is InChI=1S/C19H15NO4/c21-16-17(19(23)20-18(16)22)24-15-8-7-12-6-5-11-3-1-2-4-13(11)9-14(12)10-15/h1-4,7-10,12,17H,5-6H2,(H,20,22,23). The Morgan fingerprint density at radius 2 is 1.92 bits per heavy atom. The monoisotopic (exact) mass is 321 g/mol. The number of ether oxygens (including phenoxy) is 1. The van der Waals surface area contributed by atoms with Gasteiger partial charge < -0.3 is 4.74 Å². The summed E-state index contributed by atoms with van der Waals surface area (Å²) in [5.41, 5.74) is 3.56. The van der Waals surface area contributed by atoms with Crippen LogP contribution in [0.25, 0.3) is 6.08 Å². The molecule has 24 heavy (non-hydrogen) atoms. The van der Waals surface area contributed by atoms with Crippen molar-refractivity contribution >= 4 is 23.7 Å². The Kier molecular flexibility index (Phi) is 3.41. The van der Waals surface area contributed by atoms with Crippen molar-refractivity contribution in [3.05, 3.63) is 65.0 Å². The van der Waals surface area contributed by atoms with Crippen molar-refractivity contribution in [1.82, 2.24) is 5.32 Å². The van der Waals surface area contributed by atoms with E-state index in [9.17, 15) is 14.4 Å². The molecule has 0 saturated carbocycles. The molecule has 4 rings (SSSR count). The summed E-state index contributed by atoms with van der Waals surface area (Å²) in [5.74, 6) is -1.77. The lowest BCUT2D eigenvalue weighted by Crippen LogP contribution is -2.28. The van der Waals surface area contributed by atoms with Gasteiger partial charge in [-0.15, -0.1) is 0 Å². The number of aryl methyl sites for hydroxylation is 1. The molecule has 2 amide bonds. The number of rotatable bonds is 2. The molecule has 1 saturated heterocycles. The zero-order valence-corrected chi connectivity index (χ0v) is 12.8. The average Bonchev–Trinajstić information content (AvgIpc) is 2.75. The Morgan fingerprint density at radius 3 is 2.71 bits per heavy atom. The summed E-state index contributed by atoms with van der Waals surface area (Å²) in [7, 11) is 0. The summed E-state index contributed by atoms with van der Waals surface area (Å²) >= 11 is 0. The largest absolute Gasteiger partial charge is 0.472 e. The molecule has 2 unspecified atom stereocenters. The molecule has 1 aromatic carbocycles. The molecular formula is C19H15NO4. The van der Waals surface area contributed by atoms with Crippen LogP contribution in [0.3, 0.4) is 0 Å². The maximum Gasteiger partial charge on any atom is 0.298 e. The zero-order valence-electron chi connectivity index (χ0n) is 12.8. The van der Waals surface area contributed by atoms with Crippen LogP contribution < -0.4 is 5.32 Å². The minimum Gasteiger partial charge on any atom is -0.472 e. The molecule has 3 aliphatic rings. The normalized spacial score (nSPS) is 25.2. The van der Waals surface area contributed by atoms with Crippen LogP contribution in [0.15, 0.2) is 53.8 Å². The molecule has 2 aliphatic carbocycles. The minimum absolute atomic E-state index is 0.277. The molecule has 0 aromatic heterocycles. The van der Waals surface area contributed by atoms with E-state index < -0.39 is 23.7 Å². The number of imide groups is 1. The molecule has 5 heteroatoms. The fraction of sp³-hybridized carbons (Fsp3) is 0.211. The van der Waals surface area contributed by atoms with Gasteiger partial charge in [0.05, 0.1) is 0 Å². The van der Waals surface area contributed by atoms with Gasteiger partial charge in [-0.1, -0.05) is 36.4 Å². The second-order valence-corrected chi connectivity index (χ2v) is 6.07. The van der Waals surface area contributed by atoms with Gasteiger partial charge in [-0.3, -0.25) is 19.7 Å². The number of nitrogens with one attached hydrogen (secondary N) is 1. The number of carbonyl (C=O) groups is 3. The van der Waals surface area contributed by atoms with Crippen LogP contribution >= 0.6 is 0 Å². The maximum absolute atomic E-state index is 11.7. The summed E-state index contributed by atoms with van der Waals surface area (Å²) in [4.78, 5) is 34.5. The minimum atomic E-state index is -1.39. The molecule has 1 aromatic rings. The molecule has 1 heterocycles. The highest BCUT2D eigenvalue weighted by Gasteiger charge is 2.42. The highest BCUT2D eigenvalue weighted by Crippen LogP contribution is 2.33. The number of carbonyl (C=O) groups excluding carboxylic acids is 3. The van der Waals surface area contributed by atoms with E-state index in [4.69, 9.17) is 4.74 Å². The van der Waals surface area contributed by atoms with Crippen LogP contribution in [0.4, 0.5) is 0 Å². The molecule has 1 fully saturated rings. The fourth-order valence-corrected chi connectivity index (χ4v) is 3.24. The predicted molar refractivity (Wildman–Crippen MR) is 86.5 cm³/mol. The Hall–Kier alpha value is -2.95. The van der Waals surface area contributed by atoms with E-state index in [2.05, 4.69) is 18.2 Å². The van der Waals surface area contributed by atoms with Crippen molar-refractivity contribution < 1.29 is 19.1 Å². The van der Waals surface area contributed by atoms with Crippen molar-refractivity contribution in [2.75, 3.05) is 0 Å². The quantitative estimate of drug-likeness (QED) is 0.511. The Bertz CT molecular complexity index is 847. The third kappa shape index (κ3) is 2.48. The zero-order chi connectivity index (χ0) is 16.7. The smallest absolute Gasteiger partial charge is 0.298 e. The van der Waals surface area contributed by atoms with E-state index in [1.807, 2.05) is 29.6 Å². The molecular weight excluding hydrogens is 306 g/mol. The number of amides is 2. The predicted octanol–water partition coefficient (Wildman–Crippen LogP) is 1.70. The van der Waals surface area contributed by atoms with Gasteiger partial charge in [0.2, 0.25) is 6.10 Å². The first-order valence-corrected chi connectivity index (χ1v) is 7.87. The molecule has 1 N–H and O–H groups in total. The van der Waals surface area contributed by atoms with Gasteiger partial charge in [-0.2, -0.15) is 0 Å². The van der Waals surface area contributed by atoms with Gasteiger partial charge in [0.1, 0.15) is 5.76 Å². The lowest BCUT2D eigenvalue weighted by Gasteiger charge is -2.19. The number of hydrogen-bond acceptors (Lipinski definition) is 4. The van der Waals surface area contributed by atoms with Crippen molar-refractivity contribution in [3.8, 4) is 0 Å². The highest BCUT2D eigenvalue weighted by atomic mass is 16.5. The van der Waals surface area contributed by atoms with Crippen LogP contribution in [0.1, 0.15) is 17.5 Å². The van der Waals surface area contributed by atoms with Crippen LogP contribution in [-0.2, 0) is 25.5 Å². The van der Waals surface area contributed by atoms with Crippen molar-refractivity contribution in [2.24, 2.45) is 5.92 Å². The summed E-state index contributed by atoms with van der Waals surface area (Å²) in [6, 6.07) is 8.24. The van der Waals surface area contributed by atoms with E-state index in [0.29, 0.717) is 5.76 Å². The number of Topliss-reactive ketones (excluding diaryl/α,β-unsaturated/α-hetero) is 1. The number of allylic oxidation sites excluding steroid dienone is 4. The summed E-state index contributed by atoms with van der Waals surface area (Å²) in [6.45, 7) is 0. The maximum atomic E-state index is 11.7. The molecule has 1 aliphatic heterocycles. The SMILES string of the molecule is O=C1NC(=O)C(OC2=CC3=Cc4ccccc4CCC3C=C2)C1=O. The summed E-state index contributed by atoms with van der Waals surface area (Å²) in [6.07, 6.45) is 8.34. The average molecular weight is 321 g/mol. The van der Waals surface area contributed by atoms with Crippen LogP contribution in [0.2, 0.25) is 0 Å². The first-order chi connectivity index (χ1) is 11.6. The number of benzene rings is 1. The van der Waals surface area contributed by atoms with E-state index in [-0.39, 0.29) is 5.92 Å². The van der Waals surface area contributed by atoms with Crippen molar-refractivity contribution in [1.29, 1.82) is 0 Å². The first-order valence-electron chi connectivity index (χ1n) is 7.87. The fourth-order valence-electron chi connectivity index (χ4n) is 3.24. The Labute approximate surface area is 138 Å². The summed E-state index contributed by atoms with van der Waals surface area (Å²) in [5, 5.41) is 1.97. The molecule has 0 spiro atoms. The highest BCUT2D eigenvalue weighted by molar-refractivity contribution is 6.49. The van der Waals surface area contributed by atoms with Gasteiger partial charge in [0, 0.05) is 5.92 Å². The molecule has 5 nitrogen and oxygen atoms in total. The molecule has 2 atom stereocenters. The second-order valence-electron chi connectivity index (χ2n) is 6.07. The van der Waals surface area contributed by atoms with Crippen LogP contribution in [0, 0.1) is 5.92 Å². The van der Waals surface area contributed by atoms with Crippen molar-refractivity contribution in [3.63, 3.8) is 0 Å². The van der Waals surface area contributed by atoms with Gasteiger partial charge in [0.25, 0.3) is 17.6 Å². The van der Waals surface area contributed by atoms with Crippen molar-refractivity contribution in [2.45, 2.75) is 18.9 Å². The number of hydrogen-bond donors (Lipinski definition) is 1. The third-order valence-electron chi connectivity index (χ3n) is 4.52. The number of ketones is 1. The molecule has 0 radical (unpaired) electrons. The first kappa shape index (κ1) is 14.6. The van der Waals surface area contributed by atoms with E-state index in [1.165, 1.54) is 11.1 Å². The van der Waals surface area contributed by atoms with E-state index >= 15 is 0 Å². The number of fused-ring (bicyclic) bond motifs is 2. The van der Waals surface area contributed by atoms with Gasteiger partial charge in [-0.25, -0.2) is 0 Å². The van der Waals surface area contributed by atoms with E-state index in [0.717, 1.165) is 18.4 Å². The van der Waals surface area contributed by atoms with Gasteiger partial charge >= 0.3 is 0 Å². The Balaban J connectivity index is 1.62. The lowest BCUT2D eigenvalue weighted by molar-refractivity contribution is -0.139. The van der Waals surface area contributed by atoms with Crippen LogP contribution in [-0.4, -0.2) is 23.7 Å². The van der Waals surface area contributed by atoms with E-state index in [1.54, 1.807) is 6.08 Å². The summed E-state index contributed by atoms with van der Waals surface area (Å²) < 4.78 is 5.48. The van der Waals surface area contributed by atoms with Gasteiger partial charge in [0.15, 0.2) is 0 Å².